The van der Waals surface area contributed by atoms with Crippen molar-refractivity contribution >= 4 is 28.8 Å². The van der Waals surface area contributed by atoms with Gasteiger partial charge in [0, 0.05) is 37.3 Å². The predicted octanol–water partition coefficient (Wildman–Crippen LogP) is 3.05. The number of aromatic nitrogens is 6. The number of nitrogens with zero attached hydrogens (tertiary/aromatic N) is 6. The largest absolute Gasteiger partial charge is 0.394 e. The first-order valence-electron chi connectivity index (χ1n) is 11.1. The summed E-state index contributed by atoms with van der Waals surface area (Å²) < 4.78 is 41.8. The maximum Gasteiger partial charge on any atom is 0.394 e. The summed E-state index contributed by atoms with van der Waals surface area (Å²) in [5.41, 5.74) is 1.81. The zero-order valence-electron chi connectivity index (χ0n) is 19.3. The van der Waals surface area contributed by atoms with Crippen LogP contribution in [0, 0.1) is 0 Å². The van der Waals surface area contributed by atoms with E-state index in [1.807, 2.05) is 6.92 Å². The molecule has 13 heteroatoms. The van der Waals surface area contributed by atoms with Crippen molar-refractivity contribution < 1.29 is 18.0 Å². The lowest BCUT2D eigenvalue weighted by molar-refractivity contribution is -0.128. The number of fused-ring (bicyclic) bond motifs is 2. The van der Waals surface area contributed by atoms with Crippen molar-refractivity contribution in [3.05, 3.63) is 36.3 Å². The van der Waals surface area contributed by atoms with E-state index < -0.39 is 12.6 Å². The maximum absolute atomic E-state index is 13.0. The second kappa shape index (κ2) is 8.10. The Hall–Kier alpha value is -3.90. The summed E-state index contributed by atoms with van der Waals surface area (Å²) in [6, 6.07) is 5.24. The zero-order chi connectivity index (χ0) is 25.0. The van der Waals surface area contributed by atoms with Crippen LogP contribution in [0.2, 0.25) is 0 Å². The van der Waals surface area contributed by atoms with E-state index in [2.05, 4.69) is 36.1 Å². The minimum Gasteiger partial charge on any atom is -0.371 e. The van der Waals surface area contributed by atoms with Gasteiger partial charge in [-0.25, -0.2) is 14.0 Å². The van der Waals surface area contributed by atoms with Crippen molar-refractivity contribution in [3.63, 3.8) is 0 Å². The number of imidazole rings is 1. The average molecular weight is 487 g/mol. The van der Waals surface area contributed by atoms with Gasteiger partial charge in [0.25, 0.3) is 0 Å². The van der Waals surface area contributed by atoms with E-state index in [0.717, 1.165) is 12.8 Å². The van der Waals surface area contributed by atoms with Crippen molar-refractivity contribution in [3.8, 4) is 11.3 Å². The SMILES string of the molecule is CNc1nc(NC2CC(C)(NC(C)=O)C2)nn2ccc(-c3ccc4ncc(CC(F)(F)F)n4n3)c12. The van der Waals surface area contributed by atoms with E-state index in [4.69, 9.17) is 0 Å². The van der Waals surface area contributed by atoms with Gasteiger partial charge in [-0.05, 0) is 38.0 Å². The quantitative estimate of drug-likeness (QED) is 0.383. The van der Waals surface area contributed by atoms with E-state index in [-0.39, 0.29) is 23.2 Å². The topological polar surface area (TPSA) is 114 Å². The highest BCUT2D eigenvalue weighted by atomic mass is 19.4. The molecule has 0 saturated heterocycles. The second-order valence-corrected chi connectivity index (χ2v) is 9.08. The lowest BCUT2D eigenvalue weighted by Crippen LogP contribution is -2.59. The molecule has 1 aliphatic carbocycles. The molecule has 35 heavy (non-hydrogen) atoms. The van der Waals surface area contributed by atoms with E-state index >= 15 is 0 Å². The minimum absolute atomic E-state index is 0.0406. The maximum atomic E-state index is 13.0. The van der Waals surface area contributed by atoms with Gasteiger partial charge in [-0.1, -0.05) is 0 Å². The van der Waals surface area contributed by atoms with Crippen LogP contribution in [0.3, 0.4) is 0 Å². The van der Waals surface area contributed by atoms with Gasteiger partial charge in [-0.2, -0.15) is 23.3 Å². The van der Waals surface area contributed by atoms with Crippen LogP contribution in [0.4, 0.5) is 24.9 Å². The Morgan fingerprint density at radius 1 is 1.23 bits per heavy atom. The molecular formula is C22H24F3N9O. The molecule has 1 fully saturated rings. The predicted molar refractivity (Wildman–Crippen MR) is 123 cm³/mol. The molecule has 0 aliphatic heterocycles. The smallest absolute Gasteiger partial charge is 0.371 e. The number of carbonyl (C=O) groups is 1. The third-order valence-corrected chi connectivity index (χ3v) is 6.04. The summed E-state index contributed by atoms with van der Waals surface area (Å²) in [5.74, 6) is 0.896. The van der Waals surface area contributed by atoms with Crippen molar-refractivity contribution in [2.45, 2.75) is 50.9 Å². The fourth-order valence-corrected chi connectivity index (χ4v) is 4.70. The normalized spacial score (nSPS) is 20.1. The Kier molecular flexibility index (Phi) is 5.29. The molecule has 0 unspecified atom stereocenters. The molecule has 1 aliphatic rings. The lowest BCUT2D eigenvalue weighted by Gasteiger charge is -2.45. The second-order valence-electron chi connectivity index (χ2n) is 9.08. The van der Waals surface area contributed by atoms with Crippen molar-refractivity contribution in [2.75, 3.05) is 17.7 Å². The molecule has 5 rings (SSSR count). The Morgan fingerprint density at radius 3 is 2.69 bits per heavy atom. The highest BCUT2D eigenvalue weighted by Crippen LogP contribution is 2.34. The number of carbonyl (C=O) groups excluding carboxylic acids is 1. The minimum atomic E-state index is -4.37. The van der Waals surface area contributed by atoms with Crippen LogP contribution in [0.1, 0.15) is 32.4 Å². The van der Waals surface area contributed by atoms with Crippen LogP contribution >= 0.6 is 0 Å². The third kappa shape index (κ3) is 4.45. The van der Waals surface area contributed by atoms with Crippen LogP contribution in [0.25, 0.3) is 22.4 Å². The molecule has 0 aromatic carbocycles. The summed E-state index contributed by atoms with van der Waals surface area (Å²) in [4.78, 5) is 20.0. The number of alkyl halides is 3. The van der Waals surface area contributed by atoms with Gasteiger partial charge < -0.3 is 16.0 Å². The van der Waals surface area contributed by atoms with Crippen molar-refractivity contribution in [1.29, 1.82) is 0 Å². The van der Waals surface area contributed by atoms with Gasteiger partial charge in [-0.3, -0.25) is 4.79 Å². The van der Waals surface area contributed by atoms with Gasteiger partial charge in [0.15, 0.2) is 11.5 Å². The molecule has 0 atom stereocenters. The molecule has 1 amide bonds. The number of hydrogen-bond donors (Lipinski definition) is 3. The molecule has 0 radical (unpaired) electrons. The fraction of sp³-hybridized carbons (Fsp3) is 0.409. The van der Waals surface area contributed by atoms with Crippen molar-refractivity contribution in [2.24, 2.45) is 0 Å². The first-order valence-corrected chi connectivity index (χ1v) is 11.1. The molecule has 1 saturated carbocycles. The average Bonchev–Trinajstić information content (AvgIpc) is 3.34. The number of amides is 1. The van der Waals surface area contributed by atoms with Crippen LogP contribution in [0.5, 0.6) is 0 Å². The summed E-state index contributed by atoms with van der Waals surface area (Å²) >= 11 is 0. The van der Waals surface area contributed by atoms with Crippen LogP contribution in [-0.2, 0) is 11.2 Å². The van der Waals surface area contributed by atoms with Gasteiger partial charge in [0.1, 0.15) is 5.52 Å². The lowest BCUT2D eigenvalue weighted by atomic mass is 9.74. The van der Waals surface area contributed by atoms with Crippen LogP contribution in [-0.4, -0.2) is 59.9 Å². The first-order chi connectivity index (χ1) is 16.5. The molecule has 10 nitrogen and oxygen atoms in total. The number of nitrogens with one attached hydrogen (secondary N) is 3. The monoisotopic (exact) mass is 487 g/mol. The van der Waals surface area contributed by atoms with Gasteiger partial charge in [-0.15, -0.1) is 5.10 Å². The Balaban J connectivity index is 1.45. The molecule has 4 heterocycles. The fourth-order valence-electron chi connectivity index (χ4n) is 4.70. The third-order valence-electron chi connectivity index (χ3n) is 6.04. The summed E-state index contributed by atoms with van der Waals surface area (Å²) in [6.07, 6.45) is -1.06. The molecule has 3 N–H and O–H groups in total. The number of hydrogen-bond acceptors (Lipinski definition) is 7. The van der Waals surface area contributed by atoms with E-state index in [0.29, 0.717) is 34.2 Å². The van der Waals surface area contributed by atoms with Crippen LogP contribution in [0.15, 0.2) is 30.6 Å². The van der Waals surface area contributed by atoms with Gasteiger partial charge >= 0.3 is 6.18 Å². The molecule has 184 valence electrons. The van der Waals surface area contributed by atoms with Crippen LogP contribution < -0.4 is 16.0 Å². The van der Waals surface area contributed by atoms with E-state index in [1.165, 1.54) is 17.6 Å². The molecule has 0 spiro atoms. The molecule has 4 aromatic heterocycles. The van der Waals surface area contributed by atoms with Gasteiger partial charge in [0.05, 0.1) is 24.0 Å². The first kappa shape index (κ1) is 22.9. The Bertz CT molecular complexity index is 1420. The van der Waals surface area contributed by atoms with E-state index in [1.54, 1.807) is 36.0 Å². The summed E-state index contributed by atoms with van der Waals surface area (Å²) in [5, 5.41) is 18.3. The Morgan fingerprint density at radius 2 is 2.00 bits per heavy atom. The number of rotatable bonds is 6. The highest BCUT2D eigenvalue weighted by molar-refractivity contribution is 5.87. The Labute approximate surface area is 197 Å². The zero-order valence-corrected chi connectivity index (χ0v) is 19.3. The van der Waals surface area contributed by atoms with E-state index in [9.17, 15) is 18.0 Å². The summed E-state index contributed by atoms with van der Waals surface area (Å²) in [6.45, 7) is 3.50. The molecule has 4 aromatic rings. The summed E-state index contributed by atoms with van der Waals surface area (Å²) in [7, 11) is 1.73. The molecular weight excluding hydrogens is 463 g/mol. The molecule has 0 bridgehead atoms. The van der Waals surface area contributed by atoms with Crippen molar-refractivity contribution in [1.82, 2.24) is 34.5 Å². The number of anilines is 2. The highest BCUT2D eigenvalue weighted by Gasteiger charge is 2.41. The number of halogens is 3. The van der Waals surface area contributed by atoms with Gasteiger partial charge in [0.2, 0.25) is 11.9 Å². The standard InChI is InChI=1S/C22H24F3N9O/c1-12(35)30-21(2)8-13(9-21)28-20-29-19(26-3)18-15(6-7-33(18)32-20)16-4-5-17-27-11-14(34(17)31-16)10-22(23,24)25/h4-7,11,13H,8-10H2,1-3H3,(H,30,35)(H2,26,28,29,32).